The van der Waals surface area contributed by atoms with Gasteiger partial charge in [-0.3, -0.25) is 4.79 Å². The molecule has 0 saturated carbocycles. The summed E-state index contributed by atoms with van der Waals surface area (Å²) in [7, 11) is 0. The number of amides is 1. The first-order valence-corrected chi connectivity index (χ1v) is 6.05. The second-order valence-corrected chi connectivity index (χ2v) is 4.58. The van der Waals surface area contributed by atoms with Crippen LogP contribution in [-0.2, 0) is 0 Å². The Hall–Kier alpha value is -1.78. The number of hydrogen-bond acceptors (Lipinski definition) is 2. The number of benzene rings is 2. The number of rotatable bonds is 2. The Labute approximate surface area is 119 Å². The average molecular weight is 299 g/mol. The first-order chi connectivity index (χ1) is 8.99. The molecule has 0 fully saturated rings. The van der Waals surface area contributed by atoms with Crippen LogP contribution in [0.5, 0.6) is 0 Å². The average Bonchev–Trinajstić information content (AvgIpc) is 2.37. The highest BCUT2D eigenvalue weighted by Crippen LogP contribution is 2.25. The van der Waals surface area contributed by atoms with Crippen LogP contribution in [0.4, 0.5) is 15.8 Å². The molecule has 1 amide bonds. The van der Waals surface area contributed by atoms with E-state index in [-0.39, 0.29) is 15.6 Å². The van der Waals surface area contributed by atoms with Crippen LogP contribution in [0.2, 0.25) is 10.0 Å². The smallest absolute Gasteiger partial charge is 0.257 e. The summed E-state index contributed by atoms with van der Waals surface area (Å²) in [5, 5.41) is 2.67. The molecule has 2 aromatic rings. The van der Waals surface area contributed by atoms with Gasteiger partial charge >= 0.3 is 0 Å². The van der Waals surface area contributed by atoms with Crippen molar-refractivity contribution in [3.63, 3.8) is 0 Å². The summed E-state index contributed by atoms with van der Waals surface area (Å²) in [6.45, 7) is 0. The van der Waals surface area contributed by atoms with Gasteiger partial charge in [-0.25, -0.2) is 4.39 Å². The van der Waals surface area contributed by atoms with Crippen molar-refractivity contribution in [2.45, 2.75) is 0 Å². The van der Waals surface area contributed by atoms with Crippen LogP contribution in [0.25, 0.3) is 0 Å². The van der Waals surface area contributed by atoms with E-state index in [9.17, 15) is 9.18 Å². The standard InChI is InChI=1S/C13H9Cl2FN2O/c14-9-6-7(4-5-10(9)16)18-13(19)8-2-1-3-11(17)12(8)15/h1-6H,17H2,(H,18,19). The van der Waals surface area contributed by atoms with E-state index in [1.54, 1.807) is 18.2 Å². The van der Waals surface area contributed by atoms with Gasteiger partial charge in [0.1, 0.15) is 5.82 Å². The molecule has 2 rings (SSSR count). The Kier molecular flexibility index (Phi) is 3.93. The first-order valence-electron chi connectivity index (χ1n) is 5.29. The Bertz CT molecular complexity index is 647. The molecule has 0 aliphatic rings. The van der Waals surface area contributed by atoms with E-state index in [0.717, 1.165) is 0 Å². The number of carbonyl (C=O) groups is 1. The van der Waals surface area contributed by atoms with Crippen molar-refractivity contribution in [2.75, 3.05) is 11.1 Å². The highest BCUT2D eigenvalue weighted by molar-refractivity contribution is 6.36. The second kappa shape index (κ2) is 5.47. The van der Waals surface area contributed by atoms with Gasteiger partial charge in [0.2, 0.25) is 0 Å². The van der Waals surface area contributed by atoms with Gasteiger partial charge in [0, 0.05) is 5.69 Å². The van der Waals surface area contributed by atoms with Crippen LogP contribution >= 0.6 is 23.2 Å². The fraction of sp³-hybridized carbons (Fsp3) is 0. The number of hydrogen-bond donors (Lipinski definition) is 2. The number of nitrogen functional groups attached to an aromatic ring is 1. The Morgan fingerprint density at radius 3 is 2.63 bits per heavy atom. The monoisotopic (exact) mass is 298 g/mol. The number of carbonyl (C=O) groups excluding carboxylic acids is 1. The molecule has 0 aliphatic heterocycles. The molecule has 0 heterocycles. The van der Waals surface area contributed by atoms with Gasteiger partial charge in [-0.2, -0.15) is 0 Å². The van der Waals surface area contributed by atoms with Gasteiger partial charge < -0.3 is 11.1 Å². The van der Waals surface area contributed by atoms with Crippen LogP contribution in [0, 0.1) is 5.82 Å². The van der Waals surface area contributed by atoms with E-state index in [1.807, 2.05) is 0 Å². The molecule has 0 bridgehead atoms. The third-order valence-electron chi connectivity index (χ3n) is 2.45. The van der Waals surface area contributed by atoms with Crippen molar-refractivity contribution in [1.82, 2.24) is 0 Å². The second-order valence-electron chi connectivity index (χ2n) is 3.79. The van der Waals surface area contributed by atoms with Crippen molar-refractivity contribution in [3.8, 4) is 0 Å². The van der Waals surface area contributed by atoms with Crippen LogP contribution in [0.15, 0.2) is 36.4 Å². The summed E-state index contributed by atoms with van der Waals surface area (Å²) in [5.74, 6) is -0.998. The number of halogens is 3. The summed E-state index contributed by atoms with van der Waals surface area (Å²) in [5.41, 5.74) is 6.53. The SMILES string of the molecule is Nc1cccc(C(=O)Nc2ccc(F)c(Cl)c2)c1Cl. The zero-order valence-corrected chi connectivity index (χ0v) is 11.1. The summed E-state index contributed by atoms with van der Waals surface area (Å²) in [4.78, 5) is 12.0. The van der Waals surface area contributed by atoms with Crippen molar-refractivity contribution in [3.05, 3.63) is 57.8 Å². The molecule has 6 heteroatoms. The fourth-order valence-electron chi connectivity index (χ4n) is 1.50. The largest absolute Gasteiger partial charge is 0.398 e. The normalized spacial score (nSPS) is 10.3. The van der Waals surface area contributed by atoms with Crippen LogP contribution in [0.1, 0.15) is 10.4 Å². The lowest BCUT2D eigenvalue weighted by molar-refractivity contribution is 0.102. The molecule has 3 N–H and O–H groups in total. The molecule has 0 unspecified atom stereocenters. The van der Waals surface area contributed by atoms with Gasteiger partial charge in [-0.05, 0) is 30.3 Å². The van der Waals surface area contributed by atoms with E-state index in [4.69, 9.17) is 28.9 Å². The minimum absolute atomic E-state index is 0.0727. The number of nitrogens with one attached hydrogen (secondary N) is 1. The lowest BCUT2D eigenvalue weighted by Gasteiger charge is -2.08. The predicted molar refractivity (Wildman–Crippen MR) is 75.2 cm³/mol. The molecule has 0 saturated heterocycles. The van der Waals surface area contributed by atoms with Crippen molar-refractivity contribution in [2.24, 2.45) is 0 Å². The Morgan fingerprint density at radius 2 is 1.95 bits per heavy atom. The quantitative estimate of drug-likeness (QED) is 0.824. The van der Waals surface area contributed by atoms with Gasteiger partial charge in [0.05, 0.1) is 21.3 Å². The molecule has 3 nitrogen and oxygen atoms in total. The fourth-order valence-corrected chi connectivity index (χ4v) is 1.89. The molecular weight excluding hydrogens is 290 g/mol. The maximum absolute atomic E-state index is 13.0. The van der Waals surface area contributed by atoms with Crippen LogP contribution < -0.4 is 11.1 Å². The number of anilines is 2. The van der Waals surface area contributed by atoms with E-state index in [2.05, 4.69) is 5.32 Å². The third-order valence-corrected chi connectivity index (χ3v) is 3.16. The van der Waals surface area contributed by atoms with Crippen LogP contribution in [-0.4, -0.2) is 5.91 Å². The lowest BCUT2D eigenvalue weighted by Crippen LogP contribution is -2.13. The summed E-state index contributed by atoms with van der Waals surface area (Å²) < 4.78 is 13.0. The zero-order valence-electron chi connectivity index (χ0n) is 9.58. The lowest BCUT2D eigenvalue weighted by atomic mass is 10.2. The van der Waals surface area contributed by atoms with E-state index in [0.29, 0.717) is 11.4 Å². The van der Waals surface area contributed by atoms with Gasteiger partial charge in [-0.1, -0.05) is 29.3 Å². The first kappa shape index (κ1) is 13.6. The van der Waals surface area contributed by atoms with Gasteiger partial charge in [0.15, 0.2) is 0 Å². The summed E-state index contributed by atoms with van der Waals surface area (Å²) >= 11 is 11.6. The molecule has 19 heavy (non-hydrogen) atoms. The molecule has 0 spiro atoms. The molecule has 98 valence electrons. The molecular formula is C13H9Cl2FN2O. The van der Waals surface area contributed by atoms with Gasteiger partial charge in [-0.15, -0.1) is 0 Å². The Balaban J connectivity index is 2.26. The summed E-state index contributed by atoms with van der Waals surface area (Å²) in [6.07, 6.45) is 0. The van der Waals surface area contributed by atoms with E-state index in [1.165, 1.54) is 18.2 Å². The predicted octanol–water partition coefficient (Wildman–Crippen LogP) is 3.97. The van der Waals surface area contributed by atoms with Crippen molar-refractivity contribution in [1.29, 1.82) is 0 Å². The zero-order chi connectivity index (χ0) is 14.0. The molecule has 0 aliphatic carbocycles. The molecule has 0 aromatic heterocycles. The van der Waals surface area contributed by atoms with Gasteiger partial charge in [0.25, 0.3) is 5.91 Å². The molecule has 0 radical (unpaired) electrons. The number of nitrogens with two attached hydrogens (primary N) is 1. The van der Waals surface area contributed by atoms with E-state index >= 15 is 0 Å². The third kappa shape index (κ3) is 2.97. The highest BCUT2D eigenvalue weighted by Gasteiger charge is 2.12. The molecule has 0 atom stereocenters. The Morgan fingerprint density at radius 1 is 1.21 bits per heavy atom. The topological polar surface area (TPSA) is 55.1 Å². The van der Waals surface area contributed by atoms with E-state index < -0.39 is 11.7 Å². The van der Waals surface area contributed by atoms with Crippen molar-refractivity contribution < 1.29 is 9.18 Å². The summed E-state index contributed by atoms with van der Waals surface area (Å²) in [6, 6.07) is 8.63. The van der Waals surface area contributed by atoms with Crippen LogP contribution in [0.3, 0.4) is 0 Å². The maximum atomic E-state index is 13.0. The minimum Gasteiger partial charge on any atom is -0.398 e. The van der Waals surface area contributed by atoms with Crippen molar-refractivity contribution >= 4 is 40.5 Å². The minimum atomic E-state index is -0.554. The maximum Gasteiger partial charge on any atom is 0.257 e. The molecule has 2 aromatic carbocycles. The highest BCUT2D eigenvalue weighted by atomic mass is 35.5.